The van der Waals surface area contributed by atoms with Crippen LogP contribution in [0.3, 0.4) is 0 Å². The first-order valence-corrected chi connectivity index (χ1v) is 5.77. The molecule has 2 rings (SSSR count). The van der Waals surface area contributed by atoms with Crippen LogP contribution >= 0.6 is 0 Å². The molecule has 2 aromatic rings. The molecule has 0 amide bonds. The number of hydrogen-bond acceptors (Lipinski definition) is 3. The third kappa shape index (κ3) is 2.75. The van der Waals surface area contributed by atoms with Gasteiger partial charge >= 0.3 is 5.69 Å². The van der Waals surface area contributed by atoms with Crippen LogP contribution in [0.2, 0.25) is 0 Å². The molecule has 4 N–H and O–H groups in total. The molecule has 0 saturated heterocycles. The number of rotatable bonds is 5. The van der Waals surface area contributed by atoms with Crippen molar-refractivity contribution < 1.29 is 5.11 Å². The molecule has 0 saturated carbocycles. The Balaban J connectivity index is 2.14. The van der Waals surface area contributed by atoms with Gasteiger partial charge in [-0.3, -0.25) is 0 Å². The van der Waals surface area contributed by atoms with E-state index in [4.69, 9.17) is 5.11 Å². The number of aromatic amines is 2. The standard InChI is InChI=1S/C12H17N3O2/c1-8(13-5-2-6-16)9-3-4-10-11(7-9)15-12(17)14-10/h3-4,7-8,13,16H,2,5-6H2,1H3,(H2,14,15,17). The third-order valence-corrected chi connectivity index (χ3v) is 2.83. The lowest BCUT2D eigenvalue weighted by Crippen LogP contribution is -2.20. The van der Waals surface area contributed by atoms with E-state index in [1.54, 1.807) is 0 Å². The van der Waals surface area contributed by atoms with Crippen molar-refractivity contribution in [2.75, 3.05) is 13.2 Å². The van der Waals surface area contributed by atoms with Gasteiger partial charge in [0.1, 0.15) is 0 Å². The Bertz CT molecular complexity index is 544. The van der Waals surface area contributed by atoms with Gasteiger partial charge in [-0.25, -0.2) is 4.79 Å². The van der Waals surface area contributed by atoms with Crippen molar-refractivity contribution in [2.24, 2.45) is 0 Å². The van der Waals surface area contributed by atoms with Crippen LogP contribution in [0.5, 0.6) is 0 Å². The van der Waals surface area contributed by atoms with Crippen LogP contribution in [0.25, 0.3) is 11.0 Å². The van der Waals surface area contributed by atoms with E-state index in [0.29, 0.717) is 0 Å². The molecule has 5 nitrogen and oxygen atoms in total. The summed E-state index contributed by atoms with van der Waals surface area (Å²) in [5, 5.41) is 12.0. The van der Waals surface area contributed by atoms with Crippen LogP contribution < -0.4 is 11.0 Å². The van der Waals surface area contributed by atoms with E-state index in [1.165, 1.54) is 0 Å². The molecule has 0 bridgehead atoms. The average molecular weight is 235 g/mol. The van der Waals surface area contributed by atoms with Gasteiger partial charge in [0.15, 0.2) is 0 Å². The number of aliphatic hydroxyl groups excluding tert-OH is 1. The zero-order valence-electron chi connectivity index (χ0n) is 9.79. The van der Waals surface area contributed by atoms with Crippen LogP contribution in [0.4, 0.5) is 0 Å². The van der Waals surface area contributed by atoms with Crippen molar-refractivity contribution >= 4 is 11.0 Å². The second-order valence-corrected chi connectivity index (χ2v) is 4.14. The predicted molar refractivity (Wildman–Crippen MR) is 67.0 cm³/mol. The van der Waals surface area contributed by atoms with Crippen LogP contribution in [0.15, 0.2) is 23.0 Å². The molecule has 0 aliphatic heterocycles. The summed E-state index contributed by atoms with van der Waals surface area (Å²) in [6.45, 7) is 3.03. The fraction of sp³-hybridized carbons (Fsp3) is 0.417. The zero-order chi connectivity index (χ0) is 12.3. The number of nitrogens with one attached hydrogen (secondary N) is 3. The van der Waals surface area contributed by atoms with E-state index in [1.807, 2.05) is 18.2 Å². The van der Waals surface area contributed by atoms with Gasteiger partial charge in [0, 0.05) is 12.6 Å². The minimum atomic E-state index is -0.182. The molecular formula is C12H17N3O2. The molecule has 17 heavy (non-hydrogen) atoms. The van der Waals surface area contributed by atoms with Crippen molar-refractivity contribution in [3.8, 4) is 0 Å². The van der Waals surface area contributed by atoms with E-state index in [-0.39, 0.29) is 18.3 Å². The highest BCUT2D eigenvalue weighted by Gasteiger charge is 2.06. The predicted octanol–water partition coefficient (Wildman–Crippen LogP) is 0.889. The monoisotopic (exact) mass is 235 g/mol. The highest BCUT2D eigenvalue weighted by Crippen LogP contribution is 2.16. The van der Waals surface area contributed by atoms with Gasteiger partial charge in [0.25, 0.3) is 0 Å². The van der Waals surface area contributed by atoms with Gasteiger partial charge < -0.3 is 20.4 Å². The third-order valence-electron chi connectivity index (χ3n) is 2.83. The lowest BCUT2D eigenvalue weighted by atomic mass is 10.1. The summed E-state index contributed by atoms with van der Waals surface area (Å²) in [5.41, 5.74) is 2.58. The summed E-state index contributed by atoms with van der Waals surface area (Å²) in [6, 6.07) is 6.05. The van der Waals surface area contributed by atoms with Crippen LogP contribution in [-0.2, 0) is 0 Å². The Morgan fingerprint density at radius 3 is 2.88 bits per heavy atom. The summed E-state index contributed by atoms with van der Waals surface area (Å²) < 4.78 is 0. The Kier molecular flexibility index (Phi) is 3.61. The van der Waals surface area contributed by atoms with E-state index in [2.05, 4.69) is 22.2 Å². The maximum atomic E-state index is 11.1. The molecule has 0 fully saturated rings. The normalized spacial score (nSPS) is 13.1. The largest absolute Gasteiger partial charge is 0.396 e. The Hall–Kier alpha value is -1.59. The molecule has 5 heteroatoms. The average Bonchev–Trinajstić information content (AvgIpc) is 2.68. The van der Waals surface area contributed by atoms with Gasteiger partial charge in [-0.15, -0.1) is 0 Å². The molecule has 0 aliphatic rings. The Morgan fingerprint density at radius 1 is 1.35 bits per heavy atom. The number of benzene rings is 1. The zero-order valence-corrected chi connectivity index (χ0v) is 9.79. The molecule has 1 heterocycles. The molecule has 0 aliphatic carbocycles. The minimum Gasteiger partial charge on any atom is -0.396 e. The van der Waals surface area contributed by atoms with Gasteiger partial charge in [0.2, 0.25) is 0 Å². The first-order valence-electron chi connectivity index (χ1n) is 5.77. The second kappa shape index (κ2) is 5.16. The van der Waals surface area contributed by atoms with Gasteiger partial charge in [-0.2, -0.15) is 0 Å². The van der Waals surface area contributed by atoms with Crippen LogP contribution in [0, 0.1) is 0 Å². The van der Waals surface area contributed by atoms with Crippen molar-refractivity contribution in [3.63, 3.8) is 0 Å². The summed E-state index contributed by atoms with van der Waals surface area (Å²) >= 11 is 0. The molecule has 0 spiro atoms. The summed E-state index contributed by atoms with van der Waals surface area (Å²) in [4.78, 5) is 16.6. The fourth-order valence-electron chi connectivity index (χ4n) is 1.83. The quantitative estimate of drug-likeness (QED) is 0.581. The summed E-state index contributed by atoms with van der Waals surface area (Å²) in [7, 11) is 0. The van der Waals surface area contributed by atoms with Gasteiger partial charge in [-0.1, -0.05) is 6.07 Å². The SMILES string of the molecule is CC(NCCCO)c1ccc2[nH]c(=O)[nH]c2c1. The van der Waals surface area contributed by atoms with Crippen molar-refractivity contribution in [1.82, 2.24) is 15.3 Å². The number of fused-ring (bicyclic) bond motifs is 1. The number of H-pyrrole nitrogens is 2. The van der Waals surface area contributed by atoms with E-state index < -0.39 is 0 Å². The molecular weight excluding hydrogens is 218 g/mol. The van der Waals surface area contributed by atoms with E-state index in [0.717, 1.165) is 29.6 Å². The lowest BCUT2D eigenvalue weighted by molar-refractivity contribution is 0.284. The topological polar surface area (TPSA) is 80.9 Å². The fourth-order valence-corrected chi connectivity index (χ4v) is 1.83. The van der Waals surface area contributed by atoms with Crippen LogP contribution in [-0.4, -0.2) is 28.2 Å². The Labute approximate surface area is 98.9 Å². The number of aliphatic hydroxyl groups is 1. The molecule has 0 radical (unpaired) electrons. The molecule has 1 atom stereocenters. The first kappa shape index (κ1) is 11.9. The smallest absolute Gasteiger partial charge is 0.323 e. The highest BCUT2D eigenvalue weighted by atomic mass is 16.3. The second-order valence-electron chi connectivity index (χ2n) is 4.14. The maximum absolute atomic E-state index is 11.1. The van der Waals surface area contributed by atoms with Gasteiger partial charge in [-0.05, 0) is 37.6 Å². The van der Waals surface area contributed by atoms with Crippen molar-refractivity contribution in [3.05, 3.63) is 34.2 Å². The minimum absolute atomic E-state index is 0.182. The van der Waals surface area contributed by atoms with Gasteiger partial charge in [0.05, 0.1) is 11.0 Å². The lowest BCUT2D eigenvalue weighted by Gasteiger charge is -2.13. The molecule has 1 unspecified atom stereocenters. The number of hydrogen-bond donors (Lipinski definition) is 4. The van der Waals surface area contributed by atoms with Crippen molar-refractivity contribution in [1.29, 1.82) is 0 Å². The van der Waals surface area contributed by atoms with Crippen molar-refractivity contribution in [2.45, 2.75) is 19.4 Å². The molecule has 92 valence electrons. The summed E-state index contributed by atoms with van der Waals surface area (Å²) in [5.74, 6) is 0. The number of aromatic nitrogens is 2. The number of imidazole rings is 1. The maximum Gasteiger partial charge on any atom is 0.323 e. The molecule has 1 aromatic carbocycles. The molecule has 1 aromatic heterocycles. The van der Waals surface area contributed by atoms with E-state index >= 15 is 0 Å². The van der Waals surface area contributed by atoms with E-state index in [9.17, 15) is 4.79 Å². The Morgan fingerprint density at radius 2 is 2.12 bits per heavy atom. The van der Waals surface area contributed by atoms with Crippen LogP contribution in [0.1, 0.15) is 24.9 Å². The first-order chi connectivity index (χ1) is 8.20. The highest BCUT2D eigenvalue weighted by molar-refractivity contribution is 5.75. The summed E-state index contributed by atoms with van der Waals surface area (Å²) in [6.07, 6.45) is 0.744.